The van der Waals surface area contributed by atoms with Crippen LogP contribution < -0.4 is 15.8 Å². The van der Waals surface area contributed by atoms with Crippen LogP contribution in [0.5, 0.6) is 0 Å². The maximum absolute atomic E-state index is 12.6. The Morgan fingerprint density at radius 1 is 1.06 bits per heavy atom. The van der Waals surface area contributed by atoms with E-state index in [2.05, 4.69) is 38.0 Å². The molecule has 10 heteroatoms. The number of nitrogens with zero attached hydrogens (tertiary/aromatic N) is 4. The average Bonchev–Trinajstić information content (AvgIpc) is 2.90. The average molecular weight is 522 g/mol. The first-order chi connectivity index (χ1) is 17.5. The lowest BCUT2D eigenvalue weighted by Crippen LogP contribution is -2.33. The van der Waals surface area contributed by atoms with Crippen LogP contribution in [0.25, 0.3) is 22.3 Å². The van der Waals surface area contributed by atoms with Gasteiger partial charge in [0.2, 0.25) is 5.95 Å². The second-order valence-corrected chi connectivity index (χ2v) is 10.6. The number of benzene rings is 2. The number of hydrogen-bond donors (Lipinski definition) is 3. The van der Waals surface area contributed by atoms with Crippen molar-refractivity contribution in [2.75, 3.05) is 10.0 Å². The topological polar surface area (TPSA) is 125 Å². The van der Waals surface area contributed by atoms with Crippen LogP contribution >= 0.6 is 11.6 Å². The van der Waals surface area contributed by atoms with Crippen molar-refractivity contribution in [3.8, 4) is 11.4 Å². The van der Waals surface area contributed by atoms with E-state index in [4.69, 9.17) is 22.3 Å². The molecule has 1 fully saturated rings. The van der Waals surface area contributed by atoms with Crippen molar-refractivity contribution in [1.82, 2.24) is 19.9 Å². The molecule has 1 saturated carbocycles. The first-order valence-corrected chi connectivity index (χ1v) is 13.6. The van der Waals surface area contributed by atoms with Gasteiger partial charge in [0.15, 0.2) is 10.7 Å². The van der Waals surface area contributed by atoms with Crippen molar-refractivity contribution in [2.24, 2.45) is 5.73 Å². The van der Waals surface area contributed by atoms with Gasteiger partial charge in [-0.3, -0.25) is 0 Å². The molecule has 8 nitrogen and oxygen atoms in total. The molecule has 0 amide bonds. The molecular weight excluding hydrogens is 494 g/mol. The van der Waals surface area contributed by atoms with Gasteiger partial charge in [-0.1, -0.05) is 30.7 Å². The molecule has 1 aliphatic rings. The molecule has 2 aromatic carbocycles. The van der Waals surface area contributed by atoms with Crippen LogP contribution in [0.1, 0.15) is 38.2 Å². The number of nitrogens with one attached hydrogen (secondary N) is 2. The van der Waals surface area contributed by atoms with Crippen LogP contribution in [0.15, 0.2) is 59.9 Å². The van der Waals surface area contributed by atoms with Crippen molar-refractivity contribution in [3.05, 3.63) is 65.6 Å². The lowest BCUT2D eigenvalue weighted by molar-refractivity contribution is 0.410. The van der Waals surface area contributed by atoms with E-state index >= 15 is 0 Å². The molecule has 0 spiro atoms. The molecule has 4 aromatic rings. The molecule has 0 radical (unpaired) electrons. The van der Waals surface area contributed by atoms with Crippen LogP contribution in [0, 0.1) is 0 Å². The quantitative estimate of drug-likeness (QED) is 0.286. The second kappa shape index (κ2) is 11.0. The fraction of sp³-hybridized carbons (Fsp3) is 0.308. The van der Waals surface area contributed by atoms with E-state index < -0.39 is 11.4 Å². The van der Waals surface area contributed by atoms with E-state index in [1.807, 2.05) is 12.3 Å². The molecule has 1 atom stereocenters. The van der Waals surface area contributed by atoms with Gasteiger partial charge in [0.05, 0.1) is 22.9 Å². The Balaban J connectivity index is 1.34. The Hall–Kier alpha value is -2.98. The monoisotopic (exact) mass is 521 g/mol. The molecule has 0 saturated heterocycles. The minimum absolute atomic E-state index is 0.308. The maximum Gasteiger partial charge on any atom is 0.223 e. The van der Waals surface area contributed by atoms with Gasteiger partial charge < -0.3 is 15.6 Å². The molecule has 1 unspecified atom stereocenters. The molecule has 1 aliphatic carbocycles. The number of fused-ring (bicyclic) bond motifs is 1. The highest BCUT2D eigenvalue weighted by molar-refractivity contribution is 7.92. The van der Waals surface area contributed by atoms with Crippen molar-refractivity contribution in [3.63, 3.8) is 0 Å². The van der Waals surface area contributed by atoms with E-state index in [0.29, 0.717) is 39.5 Å². The number of nitrogens with two attached hydrogens (primary N) is 1. The summed E-state index contributed by atoms with van der Waals surface area (Å²) in [7, 11) is 0. The van der Waals surface area contributed by atoms with Gasteiger partial charge >= 0.3 is 0 Å². The van der Waals surface area contributed by atoms with Crippen molar-refractivity contribution in [2.45, 2.75) is 56.0 Å². The SMILES string of the molecule is CCc1cc(-c2ncc(N[S+]([O-])c3ccccc3Cl)cn2)cc2cnc(N[C@H]3CC[C@H](N)CC3)nc12. The Bertz CT molecular complexity index is 1350. The zero-order valence-corrected chi connectivity index (χ0v) is 21.5. The zero-order valence-electron chi connectivity index (χ0n) is 19.9. The second-order valence-electron chi connectivity index (χ2n) is 8.97. The molecule has 2 aromatic heterocycles. The van der Waals surface area contributed by atoms with E-state index in [1.165, 1.54) is 0 Å². The Labute approximate surface area is 218 Å². The molecule has 36 heavy (non-hydrogen) atoms. The molecule has 0 bridgehead atoms. The van der Waals surface area contributed by atoms with Crippen molar-refractivity contribution >= 4 is 45.5 Å². The molecular formula is C26H28ClN7OS. The number of aromatic nitrogens is 4. The standard InChI is InChI=1S/C26H28ClN7OS/c1-2-16-11-17(12-18-13-31-26(33-24(16)18)32-20-9-7-19(28)8-10-20)25-29-14-21(15-30-25)34-36(35)23-6-4-3-5-22(23)27/h3-6,11-15,19-20,34H,2,7-10,28H2,1H3,(H,31,32,33)/t19-,20-,36?. The van der Waals surface area contributed by atoms with Crippen LogP contribution in [0.3, 0.4) is 0 Å². The first kappa shape index (κ1) is 24.7. The van der Waals surface area contributed by atoms with Gasteiger partial charge in [0.25, 0.3) is 0 Å². The highest BCUT2D eigenvalue weighted by Gasteiger charge is 2.20. The smallest absolute Gasteiger partial charge is 0.223 e. The number of rotatable bonds is 7. The van der Waals surface area contributed by atoms with Gasteiger partial charge in [-0.25, -0.2) is 24.7 Å². The lowest BCUT2D eigenvalue weighted by Gasteiger charge is -2.26. The van der Waals surface area contributed by atoms with Crippen molar-refractivity contribution in [1.29, 1.82) is 0 Å². The van der Waals surface area contributed by atoms with Gasteiger partial charge in [0.1, 0.15) is 17.0 Å². The molecule has 186 valence electrons. The first-order valence-electron chi connectivity index (χ1n) is 12.1. The minimum Gasteiger partial charge on any atom is -0.588 e. The normalized spacial score (nSPS) is 18.7. The summed E-state index contributed by atoms with van der Waals surface area (Å²) in [6.45, 7) is 2.11. The van der Waals surface area contributed by atoms with Gasteiger partial charge in [0, 0.05) is 29.2 Å². The summed E-state index contributed by atoms with van der Waals surface area (Å²) in [6.07, 6.45) is 10.0. The summed E-state index contributed by atoms with van der Waals surface area (Å²) < 4.78 is 15.5. The Morgan fingerprint density at radius 3 is 2.53 bits per heavy atom. The molecule has 4 N–H and O–H groups in total. The molecule has 5 rings (SSSR count). The number of hydrogen-bond acceptors (Lipinski definition) is 8. The minimum atomic E-state index is -1.52. The van der Waals surface area contributed by atoms with Gasteiger partial charge in [-0.05, 0) is 61.9 Å². The molecule has 0 aliphatic heterocycles. The summed E-state index contributed by atoms with van der Waals surface area (Å²) in [5.41, 5.74) is 9.48. The summed E-state index contributed by atoms with van der Waals surface area (Å²) in [5.74, 6) is 1.23. The lowest BCUT2D eigenvalue weighted by atomic mass is 9.92. The third-order valence-corrected chi connectivity index (χ3v) is 8.02. The maximum atomic E-state index is 12.6. The largest absolute Gasteiger partial charge is 0.588 e. The van der Waals surface area contributed by atoms with Crippen LogP contribution in [0.4, 0.5) is 11.6 Å². The zero-order chi connectivity index (χ0) is 25.1. The van der Waals surface area contributed by atoms with Gasteiger partial charge in [-0.15, -0.1) is 0 Å². The van der Waals surface area contributed by atoms with E-state index in [9.17, 15) is 4.55 Å². The summed E-state index contributed by atoms with van der Waals surface area (Å²) in [6, 6.07) is 11.8. The van der Waals surface area contributed by atoms with Crippen LogP contribution in [-0.4, -0.2) is 36.6 Å². The fourth-order valence-electron chi connectivity index (χ4n) is 4.42. The van der Waals surface area contributed by atoms with E-state index in [1.54, 1.807) is 36.7 Å². The van der Waals surface area contributed by atoms with Gasteiger partial charge in [-0.2, -0.15) is 0 Å². The Morgan fingerprint density at radius 2 is 1.81 bits per heavy atom. The van der Waals surface area contributed by atoms with E-state index in [-0.39, 0.29) is 0 Å². The summed E-state index contributed by atoms with van der Waals surface area (Å²) in [5, 5.41) is 4.86. The summed E-state index contributed by atoms with van der Waals surface area (Å²) in [4.78, 5) is 18.9. The van der Waals surface area contributed by atoms with Crippen LogP contribution in [0.2, 0.25) is 5.02 Å². The molecule has 2 heterocycles. The Kier molecular flexibility index (Phi) is 7.52. The third-order valence-electron chi connectivity index (χ3n) is 6.40. The number of anilines is 2. The van der Waals surface area contributed by atoms with Crippen LogP contribution in [-0.2, 0) is 17.8 Å². The number of halogens is 1. The predicted molar refractivity (Wildman–Crippen MR) is 145 cm³/mol. The highest BCUT2D eigenvalue weighted by atomic mass is 35.5. The predicted octanol–water partition coefficient (Wildman–Crippen LogP) is 5.12. The highest BCUT2D eigenvalue weighted by Crippen LogP contribution is 2.28. The van der Waals surface area contributed by atoms with E-state index in [0.717, 1.165) is 54.1 Å². The number of aryl methyl sites for hydroxylation is 1. The fourth-order valence-corrected chi connectivity index (χ4v) is 5.64. The third kappa shape index (κ3) is 5.54. The van der Waals surface area contributed by atoms with Crippen molar-refractivity contribution < 1.29 is 4.55 Å². The summed E-state index contributed by atoms with van der Waals surface area (Å²) >= 11 is 4.63.